The van der Waals surface area contributed by atoms with Gasteiger partial charge in [0.1, 0.15) is 0 Å². The fourth-order valence-electron chi connectivity index (χ4n) is 2.14. The largest absolute Gasteiger partial charge is 0.278 e. The van der Waals surface area contributed by atoms with Crippen molar-refractivity contribution < 1.29 is 14.8 Å². The number of fused-ring (bicyclic) bond motifs is 1. The SMILES string of the molecule is O=C1C2CCCC[C@H]2C(=O)N1O. The van der Waals surface area contributed by atoms with E-state index in [4.69, 9.17) is 5.21 Å². The molecule has 0 spiro atoms. The fraction of sp³-hybridized carbons (Fsp3) is 0.750. The Morgan fingerprint density at radius 2 is 1.50 bits per heavy atom. The molecule has 2 amide bonds. The molecule has 1 aliphatic carbocycles. The van der Waals surface area contributed by atoms with Gasteiger partial charge in [-0.2, -0.15) is 5.06 Å². The van der Waals surface area contributed by atoms with E-state index < -0.39 is 11.8 Å². The molecule has 0 radical (unpaired) electrons. The Kier molecular flexibility index (Phi) is 1.65. The quantitative estimate of drug-likeness (QED) is 0.425. The number of carbonyl (C=O) groups is 2. The van der Waals surface area contributed by atoms with E-state index >= 15 is 0 Å². The molecule has 2 atom stereocenters. The van der Waals surface area contributed by atoms with Crippen molar-refractivity contribution in [1.29, 1.82) is 0 Å². The number of hydroxylamine groups is 2. The summed E-state index contributed by atoms with van der Waals surface area (Å²) >= 11 is 0. The standard InChI is InChI=1S/C8H11NO3/c10-7-5-3-1-2-4-6(5)8(11)9(7)12/h5-6,12H,1-4H2/t5-,6?/m1/s1. The molecular formula is C8H11NO3. The average molecular weight is 169 g/mol. The van der Waals surface area contributed by atoms with Crippen LogP contribution in [0, 0.1) is 11.8 Å². The van der Waals surface area contributed by atoms with Gasteiger partial charge in [0.15, 0.2) is 0 Å². The fourth-order valence-corrected chi connectivity index (χ4v) is 2.14. The topological polar surface area (TPSA) is 57.6 Å². The maximum atomic E-state index is 11.2. The van der Waals surface area contributed by atoms with Gasteiger partial charge in [-0.25, -0.2) is 0 Å². The maximum absolute atomic E-state index is 11.2. The Balaban J connectivity index is 2.25. The third kappa shape index (κ3) is 0.876. The van der Waals surface area contributed by atoms with E-state index in [0.29, 0.717) is 5.06 Å². The molecule has 0 aromatic carbocycles. The van der Waals surface area contributed by atoms with Crippen molar-refractivity contribution in [3.63, 3.8) is 0 Å². The van der Waals surface area contributed by atoms with E-state index in [0.717, 1.165) is 25.7 Å². The summed E-state index contributed by atoms with van der Waals surface area (Å²) in [7, 11) is 0. The van der Waals surface area contributed by atoms with Gasteiger partial charge in [0.05, 0.1) is 11.8 Å². The van der Waals surface area contributed by atoms with Crippen molar-refractivity contribution in [3.8, 4) is 0 Å². The zero-order valence-electron chi connectivity index (χ0n) is 6.69. The van der Waals surface area contributed by atoms with E-state index in [2.05, 4.69) is 0 Å². The van der Waals surface area contributed by atoms with E-state index in [9.17, 15) is 9.59 Å². The molecule has 2 fully saturated rings. The molecule has 4 nitrogen and oxygen atoms in total. The second-order valence-corrected chi connectivity index (χ2v) is 3.49. The van der Waals surface area contributed by atoms with Crippen molar-refractivity contribution in [2.45, 2.75) is 25.7 Å². The first-order chi connectivity index (χ1) is 5.72. The van der Waals surface area contributed by atoms with Crippen LogP contribution in [0.25, 0.3) is 0 Å². The van der Waals surface area contributed by atoms with E-state index in [-0.39, 0.29) is 11.8 Å². The van der Waals surface area contributed by atoms with Gasteiger partial charge in [-0.3, -0.25) is 14.8 Å². The molecule has 1 heterocycles. The number of carbonyl (C=O) groups excluding carboxylic acids is 2. The number of imide groups is 1. The number of nitrogens with zero attached hydrogens (tertiary/aromatic N) is 1. The summed E-state index contributed by atoms with van der Waals surface area (Å²) in [5.74, 6) is -1.25. The predicted molar refractivity (Wildman–Crippen MR) is 39.1 cm³/mol. The minimum atomic E-state index is -0.398. The molecule has 1 saturated carbocycles. The zero-order chi connectivity index (χ0) is 8.72. The third-order valence-corrected chi connectivity index (χ3v) is 2.82. The predicted octanol–water partition coefficient (Wildman–Crippen LogP) is 0.551. The van der Waals surface area contributed by atoms with Crippen molar-refractivity contribution in [2.24, 2.45) is 11.8 Å². The first-order valence-corrected chi connectivity index (χ1v) is 4.28. The summed E-state index contributed by atoms with van der Waals surface area (Å²) in [4.78, 5) is 22.4. The lowest BCUT2D eigenvalue weighted by atomic mass is 9.81. The van der Waals surface area contributed by atoms with Crippen LogP contribution < -0.4 is 0 Å². The highest BCUT2D eigenvalue weighted by Crippen LogP contribution is 2.36. The van der Waals surface area contributed by atoms with Crippen LogP contribution in [0.4, 0.5) is 0 Å². The molecule has 66 valence electrons. The summed E-state index contributed by atoms with van der Waals surface area (Å²) in [6.45, 7) is 0. The van der Waals surface area contributed by atoms with Gasteiger partial charge in [0.2, 0.25) is 0 Å². The Morgan fingerprint density at radius 3 is 1.92 bits per heavy atom. The van der Waals surface area contributed by atoms with Crippen LogP contribution in [0.5, 0.6) is 0 Å². The normalized spacial score (nSPS) is 35.6. The number of rotatable bonds is 0. The van der Waals surface area contributed by atoms with Crippen molar-refractivity contribution in [2.75, 3.05) is 0 Å². The average Bonchev–Trinajstić information content (AvgIpc) is 2.33. The highest BCUT2D eigenvalue weighted by atomic mass is 16.5. The van der Waals surface area contributed by atoms with Crippen LogP contribution in [0.2, 0.25) is 0 Å². The second kappa shape index (κ2) is 2.55. The highest BCUT2D eigenvalue weighted by molar-refractivity contribution is 6.03. The summed E-state index contributed by atoms with van der Waals surface area (Å²) < 4.78 is 0. The minimum Gasteiger partial charge on any atom is -0.278 e. The van der Waals surface area contributed by atoms with Gasteiger partial charge in [-0.1, -0.05) is 12.8 Å². The molecule has 2 rings (SSSR count). The molecule has 1 aliphatic heterocycles. The van der Waals surface area contributed by atoms with E-state index in [1.165, 1.54) is 0 Å². The smallest absolute Gasteiger partial charge is 0.257 e. The maximum Gasteiger partial charge on any atom is 0.257 e. The summed E-state index contributed by atoms with van der Waals surface area (Å²) in [6, 6.07) is 0. The molecule has 0 aromatic heterocycles. The number of amides is 2. The molecule has 1 N–H and O–H groups in total. The zero-order valence-corrected chi connectivity index (χ0v) is 6.69. The Bertz CT molecular complexity index is 214. The monoisotopic (exact) mass is 169 g/mol. The minimum absolute atomic E-state index is 0.226. The van der Waals surface area contributed by atoms with Crippen LogP contribution in [-0.2, 0) is 9.59 Å². The Labute approximate surface area is 70.1 Å². The Morgan fingerprint density at radius 1 is 1.08 bits per heavy atom. The summed E-state index contributed by atoms with van der Waals surface area (Å²) in [5, 5.41) is 9.34. The molecule has 1 unspecified atom stereocenters. The van der Waals surface area contributed by atoms with Gasteiger partial charge in [-0.05, 0) is 12.8 Å². The van der Waals surface area contributed by atoms with Gasteiger partial charge in [0, 0.05) is 0 Å². The summed E-state index contributed by atoms with van der Waals surface area (Å²) in [5.41, 5.74) is 0. The van der Waals surface area contributed by atoms with Crippen molar-refractivity contribution >= 4 is 11.8 Å². The van der Waals surface area contributed by atoms with Crippen LogP contribution in [-0.4, -0.2) is 22.1 Å². The molecule has 4 heteroatoms. The van der Waals surface area contributed by atoms with Crippen molar-refractivity contribution in [1.82, 2.24) is 5.06 Å². The van der Waals surface area contributed by atoms with Crippen LogP contribution in [0.3, 0.4) is 0 Å². The third-order valence-electron chi connectivity index (χ3n) is 2.82. The number of hydrogen-bond donors (Lipinski definition) is 1. The van der Waals surface area contributed by atoms with Gasteiger partial charge >= 0.3 is 0 Å². The van der Waals surface area contributed by atoms with Crippen LogP contribution in [0.1, 0.15) is 25.7 Å². The molecule has 0 bridgehead atoms. The van der Waals surface area contributed by atoms with Gasteiger partial charge in [0.25, 0.3) is 11.8 Å². The molecule has 12 heavy (non-hydrogen) atoms. The molecular weight excluding hydrogens is 158 g/mol. The number of hydrogen-bond acceptors (Lipinski definition) is 3. The lowest BCUT2D eigenvalue weighted by molar-refractivity contribution is -0.173. The van der Waals surface area contributed by atoms with Crippen LogP contribution in [0.15, 0.2) is 0 Å². The van der Waals surface area contributed by atoms with E-state index in [1.807, 2.05) is 0 Å². The lowest BCUT2D eigenvalue weighted by Crippen LogP contribution is -2.26. The Hall–Kier alpha value is -0.900. The molecule has 0 aromatic rings. The van der Waals surface area contributed by atoms with E-state index in [1.54, 1.807) is 0 Å². The van der Waals surface area contributed by atoms with Crippen LogP contribution >= 0.6 is 0 Å². The lowest BCUT2D eigenvalue weighted by Gasteiger charge is -2.19. The highest BCUT2D eigenvalue weighted by Gasteiger charge is 2.47. The van der Waals surface area contributed by atoms with Gasteiger partial charge in [-0.15, -0.1) is 0 Å². The second-order valence-electron chi connectivity index (χ2n) is 3.49. The van der Waals surface area contributed by atoms with Gasteiger partial charge < -0.3 is 0 Å². The van der Waals surface area contributed by atoms with Crippen molar-refractivity contribution in [3.05, 3.63) is 0 Å². The first-order valence-electron chi connectivity index (χ1n) is 4.28. The first kappa shape index (κ1) is 7.73. The molecule has 1 saturated heterocycles. The molecule has 2 aliphatic rings. The summed E-state index contributed by atoms with van der Waals surface area (Å²) in [6.07, 6.45) is 3.50.